The Hall–Kier alpha value is -0.0400. The van der Waals surface area contributed by atoms with Crippen molar-refractivity contribution in [1.29, 1.82) is 0 Å². The highest BCUT2D eigenvalue weighted by Gasteiger charge is 2.40. The molecule has 0 bridgehead atoms. The van der Waals surface area contributed by atoms with Gasteiger partial charge in [-0.05, 0) is 68.2 Å². The second-order valence-electron chi connectivity index (χ2n) is 6.98. The van der Waals surface area contributed by atoms with E-state index in [2.05, 4.69) is 13.8 Å². The third kappa shape index (κ3) is 2.86. The number of rotatable bonds is 3. The molecular weight excluding hydrogens is 206 g/mol. The van der Waals surface area contributed by atoms with Crippen molar-refractivity contribution in [2.45, 2.75) is 71.6 Å². The van der Waals surface area contributed by atoms with Crippen molar-refractivity contribution in [3.8, 4) is 0 Å². The molecule has 2 rings (SSSR count). The molecule has 2 saturated carbocycles. The van der Waals surface area contributed by atoms with Crippen LogP contribution in [0.2, 0.25) is 0 Å². The van der Waals surface area contributed by atoms with Crippen LogP contribution < -0.4 is 5.73 Å². The van der Waals surface area contributed by atoms with Gasteiger partial charge in [-0.25, -0.2) is 0 Å². The van der Waals surface area contributed by atoms with Crippen LogP contribution in [0.15, 0.2) is 0 Å². The Kier molecular flexibility index (Phi) is 4.52. The van der Waals surface area contributed by atoms with Crippen molar-refractivity contribution in [3.63, 3.8) is 0 Å². The first-order valence-electron chi connectivity index (χ1n) is 7.88. The van der Waals surface area contributed by atoms with Crippen LogP contribution in [0.3, 0.4) is 0 Å². The average Bonchev–Trinajstić information content (AvgIpc) is 2.39. The predicted molar refractivity (Wildman–Crippen MR) is 74.9 cm³/mol. The van der Waals surface area contributed by atoms with E-state index in [1.165, 1.54) is 57.8 Å². The van der Waals surface area contributed by atoms with E-state index < -0.39 is 0 Å². The highest BCUT2D eigenvalue weighted by molar-refractivity contribution is 4.92. The topological polar surface area (TPSA) is 26.0 Å². The molecule has 0 aromatic rings. The third-order valence-corrected chi connectivity index (χ3v) is 5.84. The summed E-state index contributed by atoms with van der Waals surface area (Å²) in [7, 11) is 0. The van der Waals surface area contributed by atoms with Crippen molar-refractivity contribution in [1.82, 2.24) is 0 Å². The summed E-state index contributed by atoms with van der Waals surface area (Å²) >= 11 is 0. The zero-order valence-electron chi connectivity index (χ0n) is 11.9. The summed E-state index contributed by atoms with van der Waals surface area (Å²) in [6.45, 7) is 5.73. The molecule has 100 valence electrons. The molecule has 2 aliphatic rings. The summed E-state index contributed by atoms with van der Waals surface area (Å²) in [5, 5.41) is 0. The van der Waals surface area contributed by atoms with Gasteiger partial charge in [-0.2, -0.15) is 0 Å². The number of hydrogen-bond acceptors (Lipinski definition) is 1. The van der Waals surface area contributed by atoms with Gasteiger partial charge in [0.1, 0.15) is 0 Å². The highest BCUT2D eigenvalue weighted by atomic mass is 14.6. The van der Waals surface area contributed by atoms with E-state index in [1.807, 2.05) is 0 Å². The molecule has 2 fully saturated rings. The molecule has 0 saturated heterocycles. The van der Waals surface area contributed by atoms with Gasteiger partial charge >= 0.3 is 0 Å². The molecule has 0 heterocycles. The van der Waals surface area contributed by atoms with E-state index in [0.29, 0.717) is 5.41 Å². The first kappa shape index (κ1) is 13.4. The Morgan fingerprint density at radius 2 is 1.59 bits per heavy atom. The zero-order valence-corrected chi connectivity index (χ0v) is 11.9. The number of nitrogens with two attached hydrogens (primary N) is 1. The van der Waals surface area contributed by atoms with Crippen molar-refractivity contribution in [2.75, 3.05) is 6.54 Å². The average molecular weight is 237 g/mol. The molecule has 0 spiro atoms. The van der Waals surface area contributed by atoms with Gasteiger partial charge in [-0.1, -0.05) is 33.1 Å². The molecule has 1 heteroatoms. The minimum atomic E-state index is 0.542. The van der Waals surface area contributed by atoms with Crippen molar-refractivity contribution in [2.24, 2.45) is 28.9 Å². The molecule has 2 N–H and O–H groups in total. The van der Waals surface area contributed by atoms with Crippen LogP contribution in [0.5, 0.6) is 0 Å². The fourth-order valence-corrected chi connectivity index (χ4v) is 4.43. The molecule has 17 heavy (non-hydrogen) atoms. The Labute approximate surface area is 108 Å². The molecule has 2 aliphatic carbocycles. The molecular formula is C16H31N. The SMILES string of the molecule is CC(C)C1CCC(C2(CN)CCCCC2)CC1. The molecule has 0 amide bonds. The highest BCUT2D eigenvalue weighted by Crippen LogP contribution is 2.49. The molecule has 0 aromatic carbocycles. The van der Waals surface area contributed by atoms with E-state index in [1.54, 1.807) is 0 Å². The monoisotopic (exact) mass is 237 g/mol. The fraction of sp³-hybridized carbons (Fsp3) is 1.00. The van der Waals surface area contributed by atoms with Crippen molar-refractivity contribution < 1.29 is 0 Å². The second-order valence-corrected chi connectivity index (χ2v) is 6.98. The van der Waals surface area contributed by atoms with Crippen LogP contribution >= 0.6 is 0 Å². The lowest BCUT2D eigenvalue weighted by atomic mass is 9.60. The largest absolute Gasteiger partial charge is 0.330 e. The van der Waals surface area contributed by atoms with Gasteiger partial charge in [-0.15, -0.1) is 0 Å². The Morgan fingerprint density at radius 3 is 2.06 bits per heavy atom. The molecule has 0 aliphatic heterocycles. The van der Waals surface area contributed by atoms with E-state index >= 15 is 0 Å². The summed E-state index contributed by atoms with van der Waals surface area (Å²) in [5.41, 5.74) is 6.71. The Balaban J connectivity index is 1.93. The van der Waals surface area contributed by atoms with Crippen LogP contribution in [0.4, 0.5) is 0 Å². The maximum atomic E-state index is 6.16. The molecule has 0 aromatic heterocycles. The van der Waals surface area contributed by atoms with Crippen LogP contribution in [0, 0.1) is 23.2 Å². The van der Waals surface area contributed by atoms with Gasteiger partial charge in [0, 0.05) is 0 Å². The zero-order chi connectivity index (χ0) is 12.3. The lowest BCUT2D eigenvalue weighted by Gasteiger charge is -2.46. The van der Waals surface area contributed by atoms with Gasteiger partial charge in [0.25, 0.3) is 0 Å². The molecule has 0 unspecified atom stereocenters. The molecule has 0 radical (unpaired) electrons. The summed E-state index contributed by atoms with van der Waals surface area (Å²) in [6.07, 6.45) is 13.0. The Morgan fingerprint density at radius 1 is 1.00 bits per heavy atom. The van der Waals surface area contributed by atoms with Crippen LogP contribution in [0.1, 0.15) is 71.6 Å². The second kappa shape index (κ2) is 5.73. The summed E-state index contributed by atoms with van der Waals surface area (Å²) < 4.78 is 0. The van der Waals surface area contributed by atoms with Crippen molar-refractivity contribution >= 4 is 0 Å². The lowest BCUT2D eigenvalue weighted by Crippen LogP contribution is -2.41. The third-order valence-electron chi connectivity index (χ3n) is 5.84. The first-order chi connectivity index (χ1) is 8.18. The van der Waals surface area contributed by atoms with Crippen LogP contribution in [0.25, 0.3) is 0 Å². The normalized spacial score (nSPS) is 33.9. The minimum Gasteiger partial charge on any atom is -0.330 e. The molecule has 0 atom stereocenters. The van der Waals surface area contributed by atoms with Crippen LogP contribution in [-0.4, -0.2) is 6.54 Å². The van der Waals surface area contributed by atoms with Gasteiger partial charge in [-0.3, -0.25) is 0 Å². The maximum Gasteiger partial charge on any atom is -0.00179 e. The predicted octanol–water partition coefficient (Wildman–Crippen LogP) is 4.36. The fourth-order valence-electron chi connectivity index (χ4n) is 4.43. The van der Waals surface area contributed by atoms with Gasteiger partial charge < -0.3 is 5.73 Å². The Bertz CT molecular complexity index is 220. The van der Waals surface area contributed by atoms with Gasteiger partial charge in [0.2, 0.25) is 0 Å². The quantitative estimate of drug-likeness (QED) is 0.775. The standard InChI is InChI=1S/C16H31N/c1-13(2)14-6-8-15(9-7-14)16(12-17)10-4-3-5-11-16/h13-15H,3-12,17H2,1-2H3. The van der Waals surface area contributed by atoms with E-state index in [0.717, 1.165) is 24.3 Å². The van der Waals surface area contributed by atoms with E-state index in [-0.39, 0.29) is 0 Å². The van der Waals surface area contributed by atoms with E-state index in [4.69, 9.17) is 5.73 Å². The summed E-state index contributed by atoms with van der Waals surface area (Å²) in [4.78, 5) is 0. The minimum absolute atomic E-state index is 0.542. The summed E-state index contributed by atoms with van der Waals surface area (Å²) in [6, 6.07) is 0. The summed E-state index contributed by atoms with van der Waals surface area (Å²) in [5.74, 6) is 2.82. The molecule has 1 nitrogen and oxygen atoms in total. The maximum absolute atomic E-state index is 6.16. The lowest BCUT2D eigenvalue weighted by molar-refractivity contribution is 0.0562. The first-order valence-corrected chi connectivity index (χ1v) is 7.88. The number of hydrogen-bond donors (Lipinski definition) is 1. The van der Waals surface area contributed by atoms with E-state index in [9.17, 15) is 0 Å². The smallest absolute Gasteiger partial charge is 0.00179 e. The van der Waals surface area contributed by atoms with Crippen LogP contribution in [-0.2, 0) is 0 Å². The van der Waals surface area contributed by atoms with Gasteiger partial charge in [0.05, 0.1) is 0 Å². The van der Waals surface area contributed by atoms with Crippen molar-refractivity contribution in [3.05, 3.63) is 0 Å². The van der Waals surface area contributed by atoms with Gasteiger partial charge in [0.15, 0.2) is 0 Å².